The molecule has 1 aliphatic heterocycles. The van der Waals surface area contributed by atoms with Crippen LogP contribution >= 0.6 is 0 Å². The molecule has 28 heavy (non-hydrogen) atoms. The molecule has 144 valence electrons. The van der Waals surface area contributed by atoms with Gasteiger partial charge in [0.15, 0.2) is 17.3 Å². The number of ether oxygens (including phenoxy) is 2. The van der Waals surface area contributed by atoms with Gasteiger partial charge < -0.3 is 14.8 Å². The van der Waals surface area contributed by atoms with Crippen LogP contribution in [0.15, 0.2) is 59.5 Å². The fourth-order valence-corrected chi connectivity index (χ4v) is 3.80. The largest absolute Gasteiger partial charge is 0.454 e. The van der Waals surface area contributed by atoms with E-state index in [1.54, 1.807) is 24.3 Å². The van der Waals surface area contributed by atoms with Gasteiger partial charge in [0.2, 0.25) is 6.79 Å². The number of hydrogen-bond donors (Lipinski definition) is 2. The zero-order valence-corrected chi connectivity index (χ0v) is 15.9. The number of sulfonamides is 1. The predicted octanol–water partition coefficient (Wildman–Crippen LogP) is 2.93. The van der Waals surface area contributed by atoms with Crippen LogP contribution in [-0.2, 0) is 16.6 Å². The lowest BCUT2D eigenvalue weighted by atomic mass is 10.2. The van der Waals surface area contributed by atoms with Crippen LogP contribution in [0.3, 0.4) is 0 Å². The first-order valence-electron chi connectivity index (χ1n) is 8.55. The Morgan fingerprint density at radius 1 is 0.964 bits per heavy atom. The fraction of sp³-hybridized carbons (Fsp3) is 0.158. The van der Waals surface area contributed by atoms with Crippen molar-refractivity contribution in [2.75, 3.05) is 16.8 Å². The molecule has 2 N–H and O–H groups in total. The third-order valence-electron chi connectivity index (χ3n) is 4.11. The number of nitrogens with one attached hydrogen (secondary N) is 2. The first kappa shape index (κ1) is 18.1. The van der Waals surface area contributed by atoms with E-state index in [9.17, 15) is 8.42 Å². The minimum Gasteiger partial charge on any atom is -0.454 e. The molecule has 0 aliphatic carbocycles. The van der Waals surface area contributed by atoms with Crippen LogP contribution in [0.1, 0.15) is 11.1 Å². The Labute approximate surface area is 162 Å². The Hall–Kier alpha value is -3.33. The molecule has 1 aliphatic rings. The quantitative estimate of drug-likeness (QED) is 0.658. The van der Waals surface area contributed by atoms with E-state index in [1.807, 2.05) is 31.2 Å². The first-order valence-corrected chi connectivity index (χ1v) is 10.0. The fourth-order valence-electron chi connectivity index (χ4n) is 2.70. The standard InChI is InChI=1S/C19H18N4O4S/c1-13-3-2-4-15(9-13)28(24,25)23-19-8-7-18(21-22-19)20-11-14-5-6-16-17(10-14)27-12-26-16/h2-10H,11-12H2,1H3,(H,20,21)(H,22,23). The molecule has 8 nitrogen and oxygen atoms in total. The van der Waals surface area contributed by atoms with Crippen LogP contribution in [0.4, 0.5) is 11.6 Å². The lowest BCUT2D eigenvalue weighted by Crippen LogP contribution is -2.14. The van der Waals surface area contributed by atoms with E-state index in [2.05, 4.69) is 20.2 Å². The van der Waals surface area contributed by atoms with Crippen molar-refractivity contribution in [2.45, 2.75) is 18.4 Å². The summed E-state index contributed by atoms with van der Waals surface area (Å²) in [5, 5.41) is 11.1. The molecule has 4 rings (SSSR count). The average Bonchev–Trinajstić information content (AvgIpc) is 3.15. The minimum absolute atomic E-state index is 0.148. The molecule has 3 aromatic rings. The Bertz CT molecular complexity index is 1100. The Balaban J connectivity index is 1.40. The summed E-state index contributed by atoms with van der Waals surface area (Å²) < 4.78 is 37.9. The molecule has 0 fully saturated rings. The van der Waals surface area contributed by atoms with Crippen molar-refractivity contribution in [2.24, 2.45) is 0 Å². The van der Waals surface area contributed by atoms with Crippen LogP contribution in [0.5, 0.6) is 11.5 Å². The van der Waals surface area contributed by atoms with E-state index in [4.69, 9.17) is 9.47 Å². The normalized spacial score (nSPS) is 12.6. The van der Waals surface area contributed by atoms with Gasteiger partial charge in [0.05, 0.1) is 4.90 Å². The van der Waals surface area contributed by atoms with Crippen molar-refractivity contribution < 1.29 is 17.9 Å². The van der Waals surface area contributed by atoms with E-state index in [0.29, 0.717) is 18.1 Å². The van der Waals surface area contributed by atoms with Crippen LogP contribution in [0, 0.1) is 6.92 Å². The predicted molar refractivity (Wildman–Crippen MR) is 104 cm³/mol. The van der Waals surface area contributed by atoms with Crippen molar-refractivity contribution in [3.63, 3.8) is 0 Å². The van der Waals surface area contributed by atoms with Crippen molar-refractivity contribution in [3.8, 4) is 11.5 Å². The number of aromatic nitrogens is 2. The number of anilines is 2. The molecule has 0 saturated carbocycles. The van der Waals surface area contributed by atoms with E-state index < -0.39 is 10.0 Å². The third-order valence-corrected chi connectivity index (χ3v) is 5.47. The summed E-state index contributed by atoms with van der Waals surface area (Å²) in [6.45, 7) is 2.58. The van der Waals surface area contributed by atoms with E-state index in [0.717, 1.165) is 16.9 Å². The first-order chi connectivity index (χ1) is 13.5. The van der Waals surface area contributed by atoms with Crippen molar-refractivity contribution >= 4 is 21.7 Å². The van der Waals surface area contributed by atoms with Crippen LogP contribution in [-0.4, -0.2) is 25.4 Å². The Morgan fingerprint density at radius 2 is 1.75 bits per heavy atom. The zero-order chi connectivity index (χ0) is 19.6. The summed E-state index contributed by atoms with van der Waals surface area (Å²) in [5.41, 5.74) is 1.85. The summed E-state index contributed by atoms with van der Waals surface area (Å²) in [6.07, 6.45) is 0. The maximum absolute atomic E-state index is 12.4. The van der Waals surface area contributed by atoms with Gasteiger partial charge in [-0.1, -0.05) is 18.2 Å². The summed E-state index contributed by atoms with van der Waals surface area (Å²) in [5.74, 6) is 2.12. The monoisotopic (exact) mass is 398 g/mol. The highest BCUT2D eigenvalue weighted by atomic mass is 32.2. The number of nitrogens with zero attached hydrogens (tertiary/aromatic N) is 2. The molecule has 0 atom stereocenters. The van der Waals surface area contributed by atoms with Gasteiger partial charge in [-0.15, -0.1) is 10.2 Å². The zero-order valence-electron chi connectivity index (χ0n) is 15.0. The van der Waals surface area contributed by atoms with Gasteiger partial charge in [-0.2, -0.15) is 0 Å². The SMILES string of the molecule is Cc1cccc(S(=O)(=O)Nc2ccc(NCc3ccc4c(c3)OCO4)nn2)c1. The number of hydrogen-bond acceptors (Lipinski definition) is 7. The lowest BCUT2D eigenvalue weighted by Gasteiger charge is -2.09. The molecule has 0 radical (unpaired) electrons. The second kappa shape index (κ2) is 7.35. The van der Waals surface area contributed by atoms with Gasteiger partial charge in [0.1, 0.15) is 5.82 Å². The van der Waals surface area contributed by atoms with Gasteiger partial charge in [-0.05, 0) is 54.4 Å². The molecule has 0 spiro atoms. The lowest BCUT2D eigenvalue weighted by molar-refractivity contribution is 0.174. The van der Waals surface area contributed by atoms with Crippen LogP contribution in [0.25, 0.3) is 0 Å². The highest BCUT2D eigenvalue weighted by Crippen LogP contribution is 2.32. The van der Waals surface area contributed by atoms with Crippen molar-refractivity contribution in [3.05, 3.63) is 65.7 Å². The van der Waals surface area contributed by atoms with Gasteiger partial charge >= 0.3 is 0 Å². The molecule has 1 aromatic heterocycles. The minimum atomic E-state index is -3.71. The Kier molecular flexibility index (Phi) is 4.74. The maximum Gasteiger partial charge on any atom is 0.263 e. The molecular formula is C19H18N4O4S. The van der Waals surface area contributed by atoms with Gasteiger partial charge in [0, 0.05) is 6.54 Å². The number of fused-ring (bicyclic) bond motifs is 1. The van der Waals surface area contributed by atoms with Crippen molar-refractivity contribution in [1.29, 1.82) is 0 Å². The van der Waals surface area contributed by atoms with Gasteiger partial charge in [-0.3, -0.25) is 4.72 Å². The van der Waals surface area contributed by atoms with Crippen LogP contribution in [0.2, 0.25) is 0 Å². The van der Waals surface area contributed by atoms with E-state index >= 15 is 0 Å². The number of rotatable bonds is 6. The topological polar surface area (TPSA) is 102 Å². The van der Waals surface area contributed by atoms with Gasteiger partial charge in [0.25, 0.3) is 10.0 Å². The molecule has 0 unspecified atom stereocenters. The summed E-state index contributed by atoms with van der Waals surface area (Å²) in [6, 6.07) is 15.6. The average molecular weight is 398 g/mol. The summed E-state index contributed by atoms with van der Waals surface area (Å²) in [7, 11) is -3.71. The molecule has 2 aromatic carbocycles. The molecule has 0 amide bonds. The summed E-state index contributed by atoms with van der Waals surface area (Å²) in [4.78, 5) is 0.180. The smallest absolute Gasteiger partial charge is 0.263 e. The van der Waals surface area contributed by atoms with E-state index in [1.165, 1.54) is 6.07 Å². The van der Waals surface area contributed by atoms with Gasteiger partial charge in [-0.25, -0.2) is 8.42 Å². The van der Waals surface area contributed by atoms with Crippen LogP contribution < -0.4 is 19.5 Å². The molecule has 2 heterocycles. The second-order valence-corrected chi connectivity index (χ2v) is 7.95. The molecule has 0 bridgehead atoms. The highest BCUT2D eigenvalue weighted by molar-refractivity contribution is 7.92. The Morgan fingerprint density at radius 3 is 2.54 bits per heavy atom. The number of aryl methyl sites for hydroxylation is 1. The maximum atomic E-state index is 12.4. The molecular weight excluding hydrogens is 380 g/mol. The molecule has 0 saturated heterocycles. The number of benzene rings is 2. The van der Waals surface area contributed by atoms with E-state index in [-0.39, 0.29) is 17.5 Å². The highest BCUT2D eigenvalue weighted by Gasteiger charge is 2.15. The molecule has 9 heteroatoms. The van der Waals surface area contributed by atoms with Crippen molar-refractivity contribution in [1.82, 2.24) is 10.2 Å². The second-order valence-electron chi connectivity index (χ2n) is 6.27. The third kappa shape index (κ3) is 3.99. The summed E-state index contributed by atoms with van der Waals surface area (Å²) >= 11 is 0.